The minimum atomic E-state index is 0.776. The Balaban J connectivity index is 0.744. The Kier molecular flexibility index (Phi) is 9.57. The summed E-state index contributed by atoms with van der Waals surface area (Å²) >= 11 is 0. The quantitative estimate of drug-likeness (QED) is 0.156. The van der Waals surface area contributed by atoms with Gasteiger partial charge in [-0.3, -0.25) is 0 Å². The van der Waals surface area contributed by atoms with Crippen molar-refractivity contribution in [2.24, 2.45) is 0 Å². The van der Waals surface area contributed by atoms with Crippen LogP contribution in [0.5, 0.6) is 0 Å². The number of rotatable bonds is 7. The number of para-hydroxylation sites is 4. The van der Waals surface area contributed by atoms with Gasteiger partial charge in [-0.15, -0.1) is 0 Å². The molecule has 0 bridgehead atoms. The topological polar surface area (TPSA) is 85.3 Å². The third-order valence-electron chi connectivity index (χ3n) is 18.1. The summed E-state index contributed by atoms with van der Waals surface area (Å²) in [5, 5.41) is 16.9. The van der Waals surface area contributed by atoms with Crippen LogP contribution in [0.15, 0.2) is 293 Å². The molecular weight excluding hydrogens is 1080 g/mol. The molecule has 0 fully saturated rings. The monoisotopic (exact) mass is 1130 g/mol. The highest BCUT2D eigenvalue weighted by atomic mass is 16.4. The Bertz CT molecular complexity index is 5760. The normalized spacial score (nSPS) is 12.3. The molecule has 410 valence electrons. The smallest absolute Gasteiger partial charge is 0.147 e. The molecule has 8 nitrogen and oxygen atoms in total. The maximum atomic E-state index is 7.16. The number of hydrogen-bond donors (Lipinski definition) is 0. The second-order valence-electron chi connectivity index (χ2n) is 23.1. The van der Waals surface area contributed by atoms with Gasteiger partial charge in [-0.25, -0.2) is 0 Å². The molecule has 0 radical (unpaired) electrons. The predicted octanol–water partition coefficient (Wildman–Crippen LogP) is 24.0. The molecule has 6 aromatic heterocycles. The van der Waals surface area contributed by atoms with Crippen molar-refractivity contribution in [3.8, 4) is 11.1 Å². The van der Waals surface area contributed by atoms with E-state index in [1.807, 2.05) is 48.5 Å². The van der Waals surface area contributed by atoms with Crippen LogP contribution in [0.3, 0.4) is 0 Å². The van der Waals surface area contributed by atoms with Crippen molar-refractivity contribution in [3.63, 3.8) is 0 Å². The van der Waals surface area contributed by atoms with Crippen molar-refractivity contribution in [2.45, 2.75) is 0 Å². The highest BCUT2D eigenvalue weighted by molar-refractivity contribution is 6.24. The minimum absolute atomic E-state index is 0.776. The van der Waals surface area contributed by atoms with Gasteiger partial charge >= 0.3 is 0 Å². The SMILES string of the molecule is c1ccc(-c2c3oc4cc5cc(N(c6ccc7oc8ccccc8c7c6)c6ccc7oc8ccccc8c7c6)ccc5cc4c3cc3c2oc2cc4cc(N(c5ccc6oc7ccccc7c6c5)c5ccc6oc7ccccc7c6c5)ccc4cc23)cc1. The van der Waals surface area contributed by atoms with Crippen LogP contribution in [0, 0.1) is 0 Å². The lowest BCUT2D eigenvalue weighted by Crippen LogP contribution is -2.09. The molecular formula is C80H44N2O6. The van der Waals surface area contributed by atoms with Crippen LogP contribution in [-0.2, 0) is 0 Å². The lowest BCUT2D eigenvalue weighted by molar-refractivity contribution is 0.658. The number of anilines is 6. The van der Waals surface area contributed by atoms with Crippen molar-refractivity contribution < 1.29 is 26.5 Å². The van der Waals surface area contributed by atoms with Crippen molar-refractivity contribution in [1.29, 1.82) is 0 Å². The molecule has 0 saturated heterocycles. The van der Waals surface area contributed by atoms with E-state index in [1.54, 1.807) is 0 Å². The van der Waals surface area contributed by atoms with Crippen molar-refractivity contribution in [2.75, 3.05) is 9.80 Å². The van der Waals surface area contributed by atoms with E-state index in [-0.39, 0.29) is 0 Å². The van der Waals surface area contributed by atoms with E-state index in [9.17, 15) is 0 Å². The zero-order valence-electron chi connectivity index (χ0n) is 46.7. The molecule has 0 spiro atoms. The third kappa shape index (κ3) is 6.96. The van der Waals surface area contributed by atoms with Crippen LogP contribution < -0.4 is 9.80 Å². The van der Waals surface area contributed by atoms with Crippen molar-refractivity contribution >= 4 is 187 Å². The lowest BCUT2D eigenvalue weighted by atomic mass is 9.97. The fourth-order valence-corrected chi connectivity index (χ4v) is 14.1. The Morgan fingerprint density at radius 2 is 0.489 bits per heavy atom. The Labute approximate surface area is 499 Å². The van der Waals surface area contributed by atoms with Gasteiger partial charge in [0.2, 0.25) is 0 Å². The first-order valence-corrected chi connectivity index (χ1v) is 29.6. The van der Waals surface area contributed by atoms with E-state index in [1.165, 1.54) is 0 Å². The first-order chi connectivity index (χ1) is 43.5. The largest absolute Gasteiger partial charge is 0.456 e. The van der Waals surface area contributed by atoms with Gasteiger partial charge in [-0.1, -0.05) is 115 Å². The highest BCUT2D eigenvalue weighted by Crippen LogP contribution is 2.49. The summed E-state index contributed by atoms with van der Waals surface area (Å²) < 4.78 is 39.6. The second-order valence-corrected chi connectivity index (χ2v) is 23.1. The van der Waals surface area contributed by atoms with E-state index in [0.29, 0.717) is 0 Å². The van der Waals surface area contributed by atoms with Gasteiger partial charge in [0.15, 0.2) is 0 Å². The molecule has 14 aromatic carbocycles. The van der Waals surface area contributed by atoms with Crippen molar-refractivity contribution in [3.05, 3.63) is 267 Å². The molecule has 0 saturated carbocycles. The van der Waals surface area contributed by atoms with Crippen molar-refractivity contribution in [1.82, 2.24) is 0 Å². The van der Waals surface area contributed by atoms with E-state index >= 15 is 0 Å². The van der Waals surface area contributed by atoms with Crippen LogP contribution in [0.4, 0.5) is 34.1 Å². The maximum absolute atomic E-state index is 7.16. The predicted molar refractivity (Wildman–Crippen MR) is 360 cm³/mol. The van der Waals surface area contributed by atoms with Crippen LogP contribution in [0.1, 0.15) is 0 Å². The van der Waals surface area contributed by atoms with Crippen LogP contribution in [0.25, 0.3) is 164 Å². The van der Waals surface area contributed by atoms with Gasteiger partial charge in [0.25, 0.3) is 0 Å². The summed E-state index contributed by atoms with van der Waals surface area (Å²) in [4.78, 5) is 4.65. The number of furan rings is 6. The second kappa shape index (κ2) is 17.8. The van der Waals surface area contributed by atoms with E-state index < -0.39 is 0 Å². The van der Waals surface area contributed by atoms with Crippen LogP contribution in [0.2, 0.25) is 0 Å². The lowest BCUT2D eigenvalue weighted by Gasteiger charge is -2.26. The Morgan fingerprint density at radius 1 is 0.182 bits per heavy atom. The highest BCUT2D eigenvalue weighted by Gasteiger charge is 2.25. The summed E-state index contributed by atoms with van der Waals surface area (Å²) in [6.07, 6.45) is 0. The standard InChI is InChI=1S/C80H44N2O6/c1-2-12-45(13-3-1)78-79-66(60-36-46-22-24-50(34-48(46)38-76(60)87-79)81(52-26-30-72-62(40-52)56-14-4-8-18-68(56)83-72)53-27-31-73-63(41-53)57-15-5-9-19-69(57)84-73)44-67-61-37-47-23-25-51(35-49(47)39-77(61)88-80(67)78)82(54-28-32-74-64(42-54)58-16-6-10-20-70(58)85-74)55-29-33-75-65(43-55)59-17-7-11-21-71(59)86-75/h1-44H. The van der Waals surface area contributed by atoms with Crippen LogP contribution in [-0.4, -0.2) is 0 Å². The van der Waals surface area contributed by atoms with E-state index in [0.717, 1.165) is 198 Å². The average Bonchev–Trinajstić information content (AvgIpc) is 1.72. The van der Waals surface area contributed by atoms with E-state index in [4.69, 9.17) is 26.5 Å². The van der Waals surface area contributed by atoms with Crippen LogP contribution >= 0.6 is 0 Å². The van der Waals surface area contributed by atoms with Gasteiger partial charge in [0.1, 0.15) is 67.0 Å². The molecule has 88 heavy (non-hydrogen) atoms. The maximum Gasteiger partial charge on any atom is 0.147 e. The third-order valence-corrected chi connectivity index (χ3v) is 18.1. The Hall–Kier alpha value is -12.0. The van der Waals surface area contributed by atoms with Gasteiger partial charge in [0.05, 0.1) is 5.56 Å². The van der Waals surface area contributed by atoms with E-state index in [2.05, 4.69) is 228 Å². The Morgan fingerprint density at radius 3 is 0.864 bits per heavy atom. The molecule has 0 aliphatic carbocycles. The summed E-state index contributed by atoms with van der Waals surface area (Å²) in [7, 11) is 0. The molecule has 0 unspecified atom stereocenters. The first-order valence-electron chi connectivity index (χ1n) is 29.6. The minimum Gasteiger partial charge on any atom is -0.456 e. The van der Waals surface area contributed by atoms with Gasteiger partial charge in [-0.2, -0.15) is 0 Å². The molecule has 8 heteroatoms. The summed E-state index contributed by atoms with van der Waals surface area (Å²) in [5.74, 6) is 0. The molecule has 20 aromatic rings. The van der Waals surface area contributed by atoms with Gasteiger partial charge < -0.3 is 36.3 Å². The molecule has 0 atom stereocenters. The summed E-state index contributed by atoms with van der Waals surface area (Å²) in [6, 6.07) is 93.9. The summed E-state index contributed by atoms with van der Waals surface area (Å²) in [6.45, 7) is 0. The number of nitrogens with zero attached hydrogens (tertiary/aromatic N) is 2. The molecule has 0 amide bonds. The zero-order chi connectivity index (χ0) is 57.3. The molecule has 20 rings (SSSR count). The molecule has 0 aliphatic heterocycles. The fraction of sp³-hybridized carbons (Fsp3) is 0. The van der Waals surface area contributed by atoms with Gasteiger partial charge in [0, 0.05) is 98.8 Å². The number of benzene rings is 14. The zero-order valence-corrected chi connectivity index (χ0v) is 46.7. The molecule has 0 N–H and O–H groups in total. The number of fused-ring (bicyclic) bond motifs is 20. The van der Waals surface area contributed by atoms with Gasteiger partial charge in [-0.05, 0) is 179 Å². The average molecular weight is 1130 g/mol. The molecule has 0 aliphatic rings. The molecule has 6 heterocycles. The number of hydrogen-bond acceptors (Lipinski definition) is 8. The summed E-state index contributed by atoms with van der Waals surface area (Å²) in [5.41, 5.74) is 17.9. The fourth-order valence-electron chi connectivity index (χ4n) is 14.1. The first kappa shape index (κ1) is 47.4.